The van der Waals surface area contributed by atoms with Crippen LogP contribution in [0.3, 0.4) is 0 Å². The van der Waals surface area contributed by atoms with Gasteiger partial charge in [0.15, 0.2) is 5.82 Å². The number of rotatable bonds is 4. The minimum absolute atomic E-state index is 0.132. The number of aromatic nitrogens is 2. The van der Waals surface area contributed by atoms with Gasteiger partial charge in [0.1, 0.15) is 0 Å². The molecule has 3 fully saturated rings. The molecule has 8 nitrogen and oxygen atoms in total. The normalized spacial score (nSPS) is 22.7. The molecule has 0 aliphatic carbocycles. The number of carbonyl (C=O) groups excluding carboxylic acids is 2. The average Bonchev–Trinajstić information content (AvgIpc) is 3.13. The fourth-order valence-electron chi connectivity index (χ4n) is 4.30. The van der Waals surface area contributed by atoms with Crippen LogP contribution in [0.1, 0.15) is 50.2 Å². The zero-order chi connectivity index (χ0) is 18.8. The van der Waals surface area contributed by atoms with Crippen molar-refractivity contribution in [2.24, 2.45) is 11.8 Å². The van der Waals surface area contributed by atoms with Gasteiger partial charge in [-0.05, 0) is 25.7 Å². The molecule has 148 valence electrons. The van der Waals surface area contributed by atoms with Crippen LogP contribution in [0.2, 0.25) is 0 Å². The van der Waals surface area contributed by atoms with Crippen molar-refractivity contribution < 1.29 is 18.8 Å². The van der Waals surface area contributed by atoms with E-state index in [0.29, 0.717) is 25.0 Å². The zero-order valence-corrected chi connectivity index (χ0v) is 15.9. The van der Waals surface area contributed by atoms with Gasteiger partial charge in [-0.1, -0.05) is 5.16 Å². The van der Waals surface area contributed by atoms with E-state index in [0.717, 1.165) is 64.1 Å². The fraction of sp³-hybridized carbons (Fsp3) is 0.789. The summed E-state index contributed by atoms with van der Waals surface area (Å²) in [6.45, 7) is 6.09. The van der Waals surface area contributed by atoms with Crippen LogP contribution in [-0.4, -0.2) is 71.1 Å². The van der Waals surface area contributed by atoms with Crippen molar-refractivity contribution in [1.29, 1.82) is 0 Å². The van der Waals surface area contributed by atoms with Gasteiger partial charge in [-0.25, -0.2) is 0 Å². The minimum atomic E-state index is 0.132. The van der Waals surface area contributed by atoms with E-state index in [2.05, 4.69) is 10.1 Å². The second-order valence-corrected chi connectivity index (χ2v) is 8.03. The van der Waals surface area contributed by atoms with Gasteiger partial charge in [0, 0.05) is 70.5 Å². The van der Waals surface area contributed by atoms with E-state index in [1.54, 1.807) is 6.92 Å². The van der Waals surface area contributed by atoms with Gasteiger partial charge in [0.25, 0.3) is 0 Å². The van der Waals surface area contributed by atoms with Crippen LogP contribution in [0.25, 0.3) is 0 Å². The predicted molar refractivity (Wildman–Crippen MR) is 95.8 cm³/mol. The highest BCUT2D eigenvalue weighted by atomic mass is 16.5. The second kappa shape index (κ2) is 7.96. The van der Waals surface area contributed by atoms with Gasteiger partial charge in [0.2, 0.25) is 17.7 Å². The molecule has 0 aromatic carbocycles. The fourth-order valence-corrected chi connectivity index (χ4v) is 4.30. The van der Waals surface area contributed by atoms with E-state index < -0.39 is 0 Å². The van der Waals surface area contributed by atoms with Crippen LogP contribution in [0, 0.1) is 11.8 Å². The molecule has 1 aromatic rings. The summed E-state index contributed by atoms with van der Waals surface area (Å²) >= 11 is 0. The highest BCUT2D eigenvalue weighted by Crippen LogP contribution is 2.28. The van der Waals surface area contributed by atoms with E-state index in [1.807, 2.05) is 9.80 Å². The van der Waals surface area contributed by atoms with Crippen LogP contribution < -0.4 is 0 Å². The summed E-state index contributed by atoms with van der Waals surface area (Å²) in [5.41, 5.74) is 0. The molecule has 0 unspecified atom stereocenters. The van der Waals surface area contributed by atoms with Crippen molar-refractivity contribution in [1.82, 2.24) is 19.9 Å². The van der Waals surface area contributed by atoms with Crippen molar-refractivity contribution in [2.75, 3.05) is 39.4 Å². The lowest BCUT2D eigenvalue weighted by molar-refractivity contribution is -0.145. The Kier molecular flexibility index (Phi) is 5.43. The zero-order valence-electron chi connectivity index (χ0n) is 15.9. The third-order valence-electron chi connectivity index (χ3n) is 6.09. The van der Waals surface area contributed by atoms with Gasteiger partial charge in [-0.3, -0.25) is 9.59 Å². The number of likely N-dealkylation sites (tertiary alicyclic amines) is 2. The van der Waals surface area contributed by atoms with Crippen molar-refractivity contribution in [2.45, 2.75) is 44.9 Å². The molecule has 3 aliphatic heterocycles. The Balaban J connectivity index is 1.23. The summed E-state index contributed by atoms with van der Waals surface area (Å²) in [4.78, 5) is 32.3. The predicted octanol–water partition coefficient (Wildman–Crippen LogP) is 1.22. The first kappa shape index (κ1) is 18.4. The Bertz CT molecular complexity index is 671. The van der Waals surface area contributed by atoms with E-state index in [4.69, 9.17) is 9.26 Å². The Labute approximate surface area is 159 Å². The van der Waals surface area contributed by atoms with Crippen molar-refractivity contribution >= 4 is 11.8 Å². The van der Waals surface area contributed by atoms with E-state index in [1.165, 1.54) is 0 Å². The van der Waals surface area contributed by atoms with Crippen LogP contribution in [0.5, 0.6) is 0 Å². The van der Waals surface area contributed by atoms with Crippen LogP contribution in [-0.2, 0) is 20.7 Å². The molecule has 3 aliphatic rings. The van der Waals surface area contributed by atoms with Gasteiger partial charge in [-0.2, -0.15) is 4.98 Å². The number of ether oxygens (including phenoxy) is 1. The number of piperidine rings is 1. The Hall–Kier alpha value is -1.96. The highest BCUT2D eigenvalue weighted by molar-refractivity contribution is 5.79. The highest BCUT2D eigenvalue weighted by Gasteiger charge is 2.36. The van der Waals surface area contributed by atoms with E-state index in [9.17, 15) is 9.59 Å². The molecular formula is C19H28N4O4. The molecule has 0 spiro atoms. The Morgan fingerprint density at radius 1 is 1.07 bits per heavy atom. The molecule has 0 radical (unpaired) electrons. The van der Waals surface area contributed by atoms with Crippen molar-refractivity contribution in [3.63, 3.8) is 0 Å². The first-order valence-corrected chi connectivity index (χ1v) is 10.0. The Morgan fingerprint density at radius 3 is 2.44 bits per heavy atom. The summed E-state index contributed by atoms with van der Waals surface area (Å²) in [6, 6.07) is 0. The average molecular weight is 376 g/mol. The van der Waals surface area contributed by atoms with Gasteiger partial charge < -0.3 is 19.1 Å². The summed E-state index contributed by atoms with van der Waals surface area (Å²) in [5, 5.41) is 4.16. The molecule has 0 atom stereocenters. The van der Waals surface area contributed by atoms with Crippen molar-refractivity contribution in [3.05, 3.63) is 11.7 Å². The molecule has 0 N–H and O–H groups in total. The Morgan fingerprint density at radius 2 is 1.78 bits per heavy atom. The number of hydrogen-bond donors (Lipinski definition) is 0. The van der Waals surface area contributed by atoms with Crippen LogP contribution >= 0.6 is 0 Å². The quantitative estimate of drug-likeness (QED) is 0.785. The van der Waals surface area contributed by atoms with Crippen molar-refractivity contribution in [3.8, 4) is 0 Å². The summed E-state index contributed by atoms with van der Waals surface area (Å²) in [6.07, 6.45) is 4.19. The SMILES string of the molecule is CC(=O)N1CCC(c2noc(CC3CN(C(=O)C4CCOCC4)C3)n2)CC1. The van der Waals surface area contributed by atoms with E-state index in [-0.39, 0.29) is 23.7 Å². The van der Waals surface area contributed by atoms with Gasteiger partial charge >= 0.3 is 0 Å². The summed E-state index contributed by atoms with van der Waals surface area (Å²) in [5.74, 6) is 2.65. The topological polar surface area (TPSA) is 88.8 Å². The molecule has 0 saturated carbocycles. The lowest BCUT2D eigenvalue weighted by Gasteiger charge is -2.41. The van der Waals surface area contributed by atoms with E-state index >= 15 is 0 Å². The maximum atomic E-state index is 12.5. The molecule has 1 aromatic heterocycles. The van der Waals surface area contributed by atoms with Gasteiger partial charge in [-0.15, -0.1) is 0 Å². The number of nitrogens with zero attached hydrogens (tertiary/aromatic N) is 4. The lowest BCUT2D eigenvalue weighted by Crippen LogP contribution is -2.53. The van der Waals surface area contributed by atoms with Crippen LogP contribution in [0.4, 0.5) is 0 Å². The second-order valence-electron chi connectivity index (χ2n) is 8.03. The molecule has 0 bridgehead atoms. The summed E-state index contributed by atoms with van der Waals surface area (Å²) in [7, 11) is 0. The minimum Gasteiger partial charge on any atom is -0.381 e. The molecule has 8 heteroatoms. The molecule has 2 amide bonds. The lowest BCUT2D eigenvalue weighted by atomic mass is 9.91. The largest absolute Gasteiger partial charge is 0.381 e. The maximum Gasteiger partial charge on any atom is 0.227 e. The standard InChI is InChI=1S/C19H28N4O4/c1-13(24)22-6-2-15(3-7-22)18-20-17(27-21-18)10-14-11-23(12-14)19(25)16-4-8-26-9-5-16/h14-16H,2-12H2,1H3. The first-order valence-electron chi connectivity index (χ1n) is 10.0. The smallest absolute Gasteiger partial charge is 0.227 e. The third-order valence-corrected chi connectivity index (χ3v) is 6.09. The third kappa shape index (κ3) is 4.15. The molecule has 4 heterocycles. The van der Waals surface area contributed by atoms with Gasteiger partial charge in [0.05, 0.1) is 0 Å². The first-order chi connectivity index (χ1) is 13.1. The molecule has 27 heavy (non-hydrogen) atoms. The molecule has 4 rings (SSSR count). The molecule has 3 saturated heterocycles. The maximum absolute atomic E-state index is 12.5. The van der Waals surface area contributed by atoms with Crippen LogP contribution in [0.15, 0.2) is 4.52 Å². The molecular weight excluding hydrogens is 348 g/mol. The monoisotopic (exact) mass is 376 g/mol. The number of carbonyl (C=O) groups is 2. The number of amides is 2. The summed E-state index contributed by atoms with van der Waals surface area (Å²) < 4.78 is 10.8. The number of hydrogen-bond acceptors (Lipinski definition) is 6.